The van der Waals surface area contributed by atoms with Gasteiger partial charge in [0.05, 0.1) is 16.9 Å². The van der Waals surface area contributed by atoms with Crippen molar-refractivity contribution in [2.45, 2.75) is 6.92 Å². The van der Waals surface area contributed by atoms with Crippen LogP contribution in [0.15, 0.2) is 52.3 Å². The molecule has 1 heterocycles. The molecule has 0 spiro atoms. The summed E-state index contributed by atoms with van der Waals surface area (Å²) in [6.45, 7) is 1.73. The first-order valence-corrected chi connectivity index (χ1v) is 7.92. The van der Waals surface area contributed by atoms with Crippen LogP contribution in [0.2, 0.25) is 5.02 Å². The number of nitrogens with zero attached hydrogens (tertiary/aromatic N) is 2. The fourth-order valence-electron chi connectivity index (χ4n) is 2.40. The molecule has 0 fully saturated rings. The van der Waals surface area contributed by atoms with Crippen LogP contribution in [-0.4, -0.2) is 32.2 Å². The van der Waals surface area contributed by atoms with E-state index in [4.69, 9.17) is 16.7 Å². The summed E-state index contributed by atoms with van der Waals surface area (Å²) in [6.07, 6.45) is 1.36. The van der Waals surface area contributed by atoms with Crippen molar-refractivity contribution < 1.29 is 15.0 Å². The highest BCUT2D eigenvalue weighted by Crippen LogP contribution is 2.23. The van der Waals surface area contributed by atoms with Crippen LogP contribution in [0.25, 0.3) is 5.69 Å². The van der Waals surface area contributed by atoms with E-state index in [1.807, 2.05) is 0 Å². The summed E-state index contributed by atoms with van der Waals surface area (Å²) in [6, 6.07) is 10.7. The molecule has 0 atom stereocenters. The lowest BCUT2D eigenvalue weighted by Crippen LogP contribution is -2.17. The second-order valence-electron chi connectivity index (χ2n) is 5.53. The van der Waals surface area contributed by atoms with Crippen LogP contribution in [0.5, 0.6) is 5.75 Å². The number of aromatic hydroxyl groups is 1. The molecule has 2 aromatic carbocycles. The first-order chi connectivity index (χ1) is 12.4. The van der Waals surface area contributed by atoms with Gasteiger partial charge >= 0.3 is 5.97 Å². The Morgan fingerprint density at radius 3 is 2.58 bits per heavy atom. The number of aryl methyl sites for hydroxylation is 1. The Labute approximate surface area is 152 Å². The second-order valence-corrected chi connectivity index (χ2v) is 5.97. The average molecular weight is 372 g/mol. The van der Waals surface area contributed by atoms with Crippen molar-refractivity contribution in [3.63, 3.8) is 0 Å². The fraction of sp³-hybridized carbons (Fsp3) is 0.0556. The third kappa shape index (κ3) is 3.38. The van der Waals surface area contributed by atoms with E-state index in [0.29, 0.717) is 27.7 Å². The van der Waals surface area contributed by atoms with E-state index in [9.17, 15) is 14.7 Å². The van der Waals surface area contributed by atoms with Gasteiger partial charge in [-0.3, -0.25) is 14.9 Å². The SMILES string of the molecule is Cc1[nH]n(-c2ccc(Cl)cc2)c(=O)c1C=Nc1ccc(O)c(C(=O)O)c1. The summed E-state index contributed by atoms with van der Waals surface area (Å²) in [5, 5.41) is 22.1. The molecule has 3 rings (SSSR count). The molecule has 0 bridgehead atoms. The number of phenols is 1. The monoisotopic (exact) mass is 371 g/mol. The van der Waals surface area contributed by atoms with E-state index < -0.39 is 5.97 Å². The molecule has 1 aromatic heterocycles. The third-order valence-electron chi connectivity index (χ3n) is 3.76. The van der Waals surface area contributed by atoms with Crippen LogP contribution < -0.4 is 5.56 Å². The highest BCUT2D eigenvalue weighted by Gasteiger charge is 2.12. The Hall–Kier alpha value is -3.32. The topological polar surface area (TPSA) is 108 Å². The maximum Gasteiger partial charge on any atom is 0.339 e. The van der Waals surface area contributed by atoms with Gasteiger partial charge in [-0.1, -0.05) is 11.6 Å². The molecular formula is C18H14ClN3O4. The summed E-state index contributed by atoms with van der Waals surface area (Å²) >= 11 is 5.86. The maximum absolute atomic E-state index is 12.6. The van der Waals surface area contributed by atoms with E-state index >= 15 is 0 Å². The van der Waals surface area contributed by atoms with Crippen LogP contribution >= 0.6 is 11.6 Å². The molecule has 0 aliphatic rings. The number of aliphatic imine (C=N–C) groups is 1. The van der Waals surface area contributed by atoms with Gasteiger partial charge in [-0.15, -0.1) is 0 Å². The lowest BCUT2D eigenvalue weighted by atomic mass is 10.2. The van der Waals surface area contributed by atoms with E-state index in [2.05, 4.69) is 10.1 Å². The minimum atomic E-state index is -1.26. The average Bonchev–Trinajstić information content (AvgIpc) is 2.89. The number of H-pyrrole nitrogens is 1. The van der Waals surface area contributed by atoms with Crippen molar-refractivity contribution in [3.8, 4) is 11.4 Å². The highest BCUT2D eigenvalue weighted by atomic mass is 35.5. The third-order valence-corrected chi connectivity index (χ3v) is 4.01. The van der Waals surface area contributed by atoms with E-state index in [-0.39, 0.29) is 16.9 Å². The van der Waals surface area contributed by atoms with E-state index in [1.54, 1.807) is 31.2 Å². The number of carboxylic acid groups (broad SMARTS) is 1. The zero-order chi connectivity index (χ0) is 18.8. The number of benzene rings is 2. The summed E-state index contributed by atoms with van der Waals surface area (Å²) in [5.74, 6) is -1.61. The predicted octanol–water partition coefficient (Wildman–Crippen LogP) is 3.28. The number of aromatic amines is 1. The maximum atomic E-state index is 12.6. The molecule has 132 valence electrons. The number of nitrogens with one attached hydrogen (secondary N) is 1. The number of rotatable bonds is 4. The van der Waals surface area contributed by atoms with Gasteiger partial charge in [0.1, 0.15) is 11.3 Å². The van der Waals surface area contributed by atoms with Gasteiger partial charge in [-0.05, 0) is 49.4 Å². The standard InChI is InChI=1S/C18H14ClN3O4/c1-10-15(9-20-12-4-7-16(23)14(8-12)18(25)26)17(24)22(21-10)13-5-2-11(19)3-6-13/h2-9,21,23H,1H3,(H,25,26). The minimum absolute atomic E-state index is 0.260. The number of hydrogen-bond acceptors (Lipinski definition) is 4. The fourth-order valence-corrected chi connectivity index (χ4v) is 2.52. The number of carbonyl (C=O) groups is 1. The van der Waals surface area contributed by atoms with Crippen molar-refractivity contribution >= 4 is 29.5 Å². The van der Waals surface area contributed by atoms with Crippen molar-refractivity contribution in [2.75, 3.05) is 0 Å². The first kappa shape index (κ1) is 17.5. The summed E-state index contributed by atoms with van der Waals surface area (Å²) in [4.78, 5) is 27.8. The molecule has 0 radical (unpaired) electrons. The van der Waals surface area contributed by atoms with Gasteiger partial charge < -0.3 is 10.2 Å². The van der Waals surface area contributed by atoms with Crippen LogP contribution in [-0.2, 0) is 0 Å². The molecular weight excluding hydrogens is 358 g/mol. The molecule has 3 aromatic rings. The van der Waals surface area contributed by atoms with Crippen LogP contribution in [0.4, 0.5) is 5.69 Å². The summed E-state index contributed by atoms with van der Waals surface area (Å²) in [5.41, 5.74) is 1.31. The number of carboxylic acids is 1. The Morgan fingerprint density at radius 1 is 1.23 bits per heavy atom. The smallest absolute Gasteiger partial charge is 0.339 e. The van der Waals surface area contributed by atoms with Crippen molar-refractivity contribution in [1.82, 2.24) is 9.78 Å². The lowest BCUT2D eigenvalue weighted by molar-refractivity contribution is 0.0694. The van der Waals surface area contributed by atoms with Crippen molar-refractivity contribution in [1.29, 1.82) is 0 Å². The molecule has 0 saturated heterocycles. The minimum Gasteiger partial charge on any atom is -0.507 e. The number of aromatic nitrogens is 2. The first-order valence-electron chi connectivity index (χ1n) is 7.55. The molecule has 0 unspecified atom stereocenters. The van der Waals surface area contributed by atoms with Gasteiger partial charge in [0, 0.05) is 16.9 Å². The Kier molecular flexibility index (Phi) is 4.64. The molecule has 0 aliphatic carbocycles. The number of aromatic carboxylic acids is 1. The zero-order valence-corrected chi connectivity index (χ0v) is 14.4. The molecule has 0 amide bonds. The molecule has 0 saturated carbocycles. The summed E-state index contributed by atoms with van der Waals surface area (Å²) in [7, 11) is 0. The van der Waals surface area contributed by atoms with Crippen LogP contribution in [0, 0.1) is 6.92 Å². The Balaban J connectivity index is 1.97. The van der Waals surface area contributed by atoms with Crippen LogP contribution in [0.1, 0.15) is 21.6 Å². The summed E-state index contributed by atoms with van der Waals surface area (Å²) < 4.78 is 1.37. The van der Waals surface area contributed by atoms with Gasteiger partial charge in [-0.25, -0.2) is 9.48 Å². The number of hydrogen-bond donors (Lipinski definition) is 3. The number of halogens is 1. The molecule has 0 aliphatic heterocycles. The second kappa shape index (κ2) is 6.89. The van der Waals surface area contributed by atoms with Gasteiger partial charge in [0.15, 0.2) is 0 Å². The quantitative estimate of drug-likeness (QED) is 0.611. The lowest BCUT2D eigenvalue weighted by Gasteiger charge is -2.00. The largest absolute Gasteiger partial charge is 0.507 e. The Morgan fingerprint density at radius 2 is 1.92 bits per heavy atom. The van der Waals surface area contributed by atoms with Gasteiger partial charge in [0.2, 0.25) is 0 Å². The Bertz CT molecular complexity index is 1070. The highest BCUT2D eigenvalue weighted by molar-refractivity contribution is 6.30. The molecule has 8 heteroatoms. The predicted molar refractivity (Wildman–Crippen MR) is 98.5 cm³/mol. The van der Waals surface area contributed by atoms with E-state index in [0.717, 1.165) is 0 Å². The van der Waals surface area contributed by atoms with Crippen molar-refractivity contribution in [3.05, 3.63) is 74.7 Å². The molecule has 7 nitrogen and oxygen atoms in total. The van der Waals surface area contributed by atoms with Crippen LogP contribution in [0.3, 0.4) is 0 Å². The van der Waals surface area contributed by atoms with E-state index in [1.165, 1.54) is 29.1 Å². The zero-order valence-electron chi connectivity index (χ0n) is 13.6. The molecule has 26 heavy (non-hydrogen) atoms. The van der Waals surface area contributed by atoms with Gasteiger partial charge in [0.25, 0.3) is 5.56 Å². The van der Waals surface area contributed by atoms with Gasteiger partial charge in [-0.2, -0.15) is 0 Å². The van der Waals surface area contributed by atoms with Crippen molar-refractivity contribution in [2.24, 2.45) is 4.99 Å². The normalized spacial score (nSPS) is 11.2. The molecule has 3 N–H and O–H groups in total.